The fourth-order valence-corrected chi connectivity index (χ4v) is 2.20. The van der Waals surface area contributed by atoms with Gasteiger partial charge in [-0.25, -0.2) is 4.98 Å². The maximum atomic E-state index is 13.0. The number of hydrazone groups is 1. The molecule has 0 saturated heterocycles. The lowest BCUT2D eigenvalue weighted by atomic mass is 10.2. The molecule has 0 aliphatic heterocycles. The van der Waals surface area contributed by atoms with Crippen molar-refractivity contribution in [2.75, 3.05) is 19.6 Å². The summed E-state index contributed by atoms with van der Waals surface area (Å²) in [6.45, 7) is 0. The molecule has 1 N–H and O–H groups in total. The first kappa shape index (κ1) is 20.8. The highest BCUT2D eigenvalue weighted by Crippen LogP contribution is 2.33. The van der Waals surface area contributed by atoms with E-state index in [0.717, 1.165) is 6.07 Å². The molecule has 156 valence electrons. The van der Waals surface area contributed by atoms with Gasteiger partial charge in [-0.3, -0.25) is 10.4 Å². The van der Waals surface area contributed by atoms with Gasteiger partial charge in [0.2, 0.25) is 11.8 Å². The fraction of sp³-hybridized carbons (Fsp3) is 0.167. The molecule has 30 heavy (non-hydrogen) atoms. The number of hydrogen-bond acceptors (Lipinski definition) is 9. The molecule has 3 aromatic rings. The van der Waals surface area contributed by atoms with Crippen LogP contribution < -0.4 is 19.6 Å². The molecule has 0 aliphatic carbocycles. The second kappa shape index (κ2) is 9.03. The third-order valence-electron chi connectivity index (χ3n) is 3.55. The maximum Gasteiger partial charge on any atom is 0.420 e. The standard InChI is InChI=1S/C18H15F3N6O3/c1-28-14-9-15(29-2)26-17(25-14)30-13-6-4-7-22-12(13)10-24-27-16-11(18(19,20)21)5-3-8-23-16/h3-10H,1-2H3,(H,23,27)/b24-10+. The number of rotatable bonds is 7. The second-order valence-electron chi connectivity index (χ2n) is 5.49. The lowest BCUT2D eigenvalue weighted by Gasteiger charge is -2.10. The molecule has 3 heterocycles. The summed E-state index contributed by atoms with van der Waals surface area (Å²) >= 11 is 0. The van der Waals surface area contributed by atoms with Crippen molar-refractivity contribution in [1.29, 1.82) is 0 Å². The number of nitrogens with zero attached hydrogens (tertiary/aromatic N) is 5. The minimum Gasteiger partial charge on any atom is -0.481 e. The number of nitrogens with one attached hydrogen (secondary N) is 1. The number of anilines is 1. The van der Waals surface area contributed by atoms with Gasteiger partial charge in [0.25, 0.3) is 0 Å². The third-order valence-corrected chi connectivity index (χ3v) is 3.55. The van der Waals surface area contributed by atoms with E-state index in [1.807, 2.05) is 0 Å². The van der Waals surface area contributed by atoms with Crippen molar-refractivity contribution in [3.63, 3.8) is 0 Å². The lowest BCUT2D eigenvalue weighted by molar-refractivity contribution is -0.137. The Morgan fingerprint density at radius 2 is 1.67 bits per heavy atom. The second-order valence-corrected chi connectivity index (χ2v) is 5.49. The number of aromatic nitrogens is 4. The minimum absolute atomic E-state index is 0.0779. The molecule has 0 bridgehead atoms. The van der Waals surface area contributed by atoms with Gasteiger partial charge in [-0.15, -0.1) is 0 Å². The summed E-state index contributed by atoms with van der Waals surface area (Å²) in [4.78, 5) is 15.8. The van der Waals surface area contributed by atoms with E-state index in [-0.39, 0.29) is 29.2 Å². The number of halogens is 3. The summed E-state index contributed by atoms with van der Waals surface area (Å²) in [6, 6.07) is 6.63. The summed E-state index contributed by atoms with van der Waals surface area (Å²) in [5.41, 5.74) is 1.53. The Kier molecular flexibility index (Phi) is 6.25. The third kappa shape index (κ3) is 5.10. The van der Waals surface area contributed by atoms with E-state index in [1.54, 1.807) is 12.1 Å². The molecule has 0 atom stereocenters. The number of methoxy groups -OCH3 is 2. The van der Waals surface area contributed by atoms with Crippen molar-refractivity contribution in [3.8, 4) is 23.5 Å². The maximum absolute atomic E-state index is 13.0. The first-order valence-electron chi connectivity index (χ1n) is 8.32. The molecule has 0 saturated carbocycles. The summed E-state index contributed by atoms with van der Waals surface area (Å²) in [5, 5.41) is 3.79. The first-order valence-corrected chi connectivity index (χ1v) is 8.32. The van der Waals surface area contributed by atoms with Gasteiger partial charge in [0.05, 0.1) is 32.1 Å². The van der Waals surface area contributed by atoms with E-state index in [9.17, 15) is 13.2 Å². The molecule has 3 rings (SSSR count). The van der Waals surface area contributed by atoms with Crippen LogP contribution >= 0.6 is 0 Å². The Morgan fingerprint density at radius 3 is 2.33 bits per heavy atom. The van der Waals surface area contributed by atoms with Gasteiger partial charge in [-0.1, -0.05) is 0 Å². The molecule has 12 heteroatoms. The number of pyridine rings is 2. The van der Waals surface area contributed by atoms with E-state index >= 15 is 0 Å². The van der Waals surface area contributed by atoms with Crippen LogP contribution in [-0.4, -0.2) is 40.4 Å². The van der Waals surface area contributed by atoms with Gasteiger partial charge >= 0.3 is 12.2 Å². The van der Waals surface area contributed by atoms with Crippen LogP contribution in [0.15, 0.2) is 47.8 Å². The number of ether oxygens (including phenoxy) is 3. The van der Waals surface area contributed by atoms with Crippen LogP contribution in [-0.2, 0) is 6.18 Å². The van der Waals surface area contributed by atoms with Gasteiger partial charge < -0.3 is 14.2 Å². The summed E-state index contributed by atoms with van der Waals surface area (Å²) in [5.74, 6) is 0.191. The molecule has 3 aromatic heterocycles. The van der Waals surface area contributed by atoms with Gasteiger partial charge in [-0.05, 0) is 24.3 Å². The van der Waals surface area contributed by atoms with Crippen LogP contribution in [0.2, 0.25) is 0 Å². The molecule has 0 amide bonds. The molecule has 0 spiro atoms. The van der Waals surface area contributed by atoms with Crippen molar-refractivity contribution in [2.24, 2.45) is 5.10 Å². The normalized spacial score (nSPS) is 11.4. The van der Waals surface area contributed by atoms with Crippen molar-refractivity contribution in [1.82, 2.24) is 19.9 Å². The summed E-state index contributed by atoms with van der Waals surface area (Å²) < 4.78 is 54.8. The van der Waals surface area contributed by atoms with Crippen molar-refractivity contribution in [2.45, 2.75) is 6.18 Å². The fourth-order valence-electron chi connectivity index (χ4n) is 2.20. The monoisotopic (exact) mass is 420 g/mol. The molecule has 0 aliphatic rings. The van der Waals surface area contributed by atoms with Gasteiger partial charge in [0, 0.05) is 12.4 Å². The van der Waals surface area contributed by atoms with Crippen molar-refractivity contribution in [3.05, 3.63) is 54.0 Å². The predicted octanol–water partition coefficient (Wildman–Crippen LogP) is 3.54. The van der Waals surface area contributed by atoms with Crippen LogP contribution in [0.5, 0.6) is 23.5 Å². The molecule has 0 radical (unpaired) electrons. The van der Waals surface area contributed by atoms with E-state index < -0.39 is 17.6 Å². The number of alkyl halides is 3. The Morgan fingerprint density at radius 1 is 1.00 bits per heavy atom. The predicted molar refractivity (Wildman–Crippen MR) is 99.9 cm³/mol. The highest BCUT2D eigenvalue weighted by molar-refractivity contribution is 5.81. The molecular weight excluding hydrogens is 405 g/mol. The van der Waals surface area contributed by atoms with E-state index in [1.165, 1.54) is 45.0 Å². The van der Waals surface area contributed by atoms with Gasteiger partial charge in [0.15, 0.2) is 11.6 Å². The SMILES string of the molecule is COc1cc(OC)nc(Oc2cccnc2/C=N/Nc2ncccc2C(F)(F)F)n1. The smallest absolute Gasteiger partial charge is 0.420 e. The average Bonchev–Trinajstić information content (AvgIpc) is 2.74. The zero-order valence-electron chi connectivity index (χ0n) is 15.7. The molecule has 9 nitrogen and oxygen atoms in total. The van der Waals surface area contributed by atoms with Crippen LogP contribution in [0.3, 0.4) is 0 Å². The van der Waals surface area contributed by atoms with E-state index in [0.29, 0.717) is 0 Å². The highest BCUT2D eigenvalue weighted by atomic mass is 19.4. The van der Waals surface area contributed by atoms with Crippen LogP contribution in [0, 0.1) is 0 Å². The Hall–Kier alpha value is -3.96. The summed E-state index contributed by atoms with van der Waals surface area (Å²) in [7, 11) is 2.85. The molecule has 0 aromatic carbocycles. The molecule has 0 unspecified atom stereocenters. The van der Waals surface area contributed by atoms with E-state index in [2.05, 4.69) is 30.5 Å². The van der Waals surface area contributed by atoms with Crippen LogP contribution in [0.4, 0.5) is 19.0 Å². The van der Waals surface area contributed by atoms with Crippen LogP contribution in [0.25, 0.3) is 0 Å². The Labute approximate surface area is 168 Å². The average molecular weight is 420 g/mol. The molecule has 0 fully saturated rings. The van der Waals surface area contributed by atoms with E-state index in [4.69, 9.17) is 14.2 Å². The van der Waals surface area contributed by atoms with Gasteiger partial charge in [0.1, 0.15) is 5.69 Å². The van der Waals surface area contributed by atoms with Crippen LogP contribution in [0.1, 0.15) is 11.3 Å². The highest BCUT2D eigenvalue weighted by Gasteiger charge is 2.34. The quantitative estimate of drug-likeness (QED) is 0.457. The Balaban J connectivity index is 1.82. The Bertz CT molecular complexity index is 1020. The van der Waals surface area contributed by atoms with Crippen molar-refractivity contribution < 1.29 is 27.4 Å². The summed E-state index contributed by atoms with van der Waals surface area (Å²) in [6.07, 6.45) is -0.714. The first-order chi connectivity index (χ1) is 14.4. The minimum atomic E-state index is -4.58. The number of hydrogen-bond donors (Lipinski definition) is 1. The largest absolute Gasteiger partial charge is 0.481 e. The van der Waals surface area contributed by atoms with Gasteiger partial charge in [-0.2, -0.15) is 28.2 Å². The zero-order valence-corrected chi connectivity index (χ0v) is 15.7. The lowest BCUT2D eigenvalue weighted by Crippen LogP contribution is -2.10. The molecular formula is C18H15F3N6O3. The van der Waals surface area contributed by atoms with Crippen molar-refractivity contribution >= 4 is 12.0 Å². The topological polar surface area (TPSA) is 104 Å². The zero-order chi connectivity index (χ0) is 21.6.